The van der Waals surface area contributed by atoms with E-state index in [9.17, 15) is 4.79 Å². The van der Waals surface area contributed by atoms with Gasteiger partial charge in [0.25, 0.3) is 0 Å². The summed E-state index contributed by atoms with van der Waals surface area (Å²) in [6, 6.07) is 17.6. The zero-order valence-electron chi connectivity index (χ0n) is 17.0. The maximum atomic E-state index is 11.9. The molecule has 30 heavy (non-hydrogen) atoms. The van der Waals surface area contributed by atoms with E-state index >= 15 is 0 Å². The summed E-state index contributed by atoms with van der Waals surface area (Å²) in [4.78, 5) is 18.6. The lowest BCUT2D eigenvalue weighted by atomic mass is 10.2. The van der Waals surface area contributed by atoms with Gasteiger partial charge in [-0.15, -0.1) is 11.8 Å². The van der Waals surface area contributed by atoms with Crippen LogP contribution in [0.3, 0.4) is 0 Å². The molecular weight excluding hydrogens is 400 g/mol. The van der Waals surface area contributed by atoms with Gasteiger partial charge in [-0.05, 0) is 36.8 Å². The van der Waals surface area contributed by atoms with Crippen molar-refractivity contribution in [2.45, 2.75) is 26.1 Å². The van der Waals surface area contributed by atoms with Crippen LogP contribution in [0, 0.1) is 6.92 Å². The first-order valence-corrected chi connectivity index (χ1v) is 10.9. The topological polar surface area (TPSA) is 64.8 Å². The highest BCUT2D eigenvalue weighted by Crippen LogP contribution is 2.25. The monoisotopic (exact) mass is 424 g/mol. The van der Waals surface area contributed by atoms with Crippen molar-refractivity contribution in [1.29, 1.82) is 0 Å². The Bertz CT molecular complexity index is 988. The van der Waals surface area contributed by atoms with E-state index in [1.807, 2.05) is 61.5 Å². The van der Waals surface area contributed by atoms with E-state index in [1.165, 1.54) is 7.11 Å². The van der Waals surface area contributed by atoms with Crippen molar-refractivity contribution in [3.8, 4) is 17.2 Å². The molecule has 156 valence electrons. The second-order valence-electron chi connectivity index (χ2n) is 7.11. The smallest absolute Gasteiger partial charge is 0.323 e. The van der Waals surface area contributed by atoms with Crippen molar-refractivity contribution in [3.05, 3.63) is 71.6 Å². The first-order valence-electron chi connectivity index (χ1n) is 9.77. The summed E-state index contributed by atoms with van der Waals surface area (Å²) < 4.78 is 16.6. The summed E-state index contributed by atoms with van der Waals surface area (Å²) >= 11 is 1.75. The van der Waals surface area contributed by atoms with Gasteiger partial charge < -0.3 is 13.9 Å². The lowest BCUT2D eigenvalue weighted by Crippen LogP contribution is -2.38. The van der Waals surface area contributed by atoms with E-state index in [1.54, 1.807) is 11.8 Å². The van der Waals surface area contributed by atoms with Crippen molar-refractivity contribution in [2.24, 2.45) is 0 Å². The highest BCUT2D eigenvalue weighted by atomic mass is 32.2. The third-order valence-corrected chi connectivity index (χ3v) is 6.11. The minimum absolute atomic E-state index is 0.169. The molecule has 0 spiro atoms. The van der Waals surface area contributed by atoms with Crippen molar-refractivity contribution in [1.82, 2.24) is 9.88 Å². The second kappa shape index (κ2) is 9.36. The molecule has 0 saturated carbocycles. The number of esters is 1. The third kappa shape index (κ3) is 4.68. The molecule has 0 unspecified atom stereocenters. The lowest BCUT2D eigenvalue weighted by molar-refractivity contribution is -0.145. The van der Waals surface area contributed by atoms with Crippen LogP contribution in [0.5, 0.6) is 5.75 Å². The van der Waals surface area contributed by atoms with Crippen LogP contribution >= 0.6 is 11.8 Å². The number of aromatic nitrogens is 1. The maximum Gasteiger partial charge on any atom is 0.323 e. The molecule has 1 aliphatic rings. The van der Waals surface area contributed by atoms with E-state index in [-0.39, 0.29) is 12.0 Å². The molecule has 1 fully saturated rings. The molecule has 1 saturated heterocycles. The quantitative estimate of drug-likeness (QED) is 0.525. The molecule has 0 N–H and O–H groups in total. The number of carbonyl (C=O) groups is 1. The van der Waals surface area contributed by atoms with Crippen LogP contribution < -0.4 is 4.74 Å². The molecule has 0 bridgehead atoms. The number of nitrogens with zero attached hydrogens (tertiary/aromatic N) is 2. The van der Waals surface area contributed by atoms with E-state index in [0.717, 1.165) is 40.0 Å². The van der Waals surface area contributed by atoms with Crippen LogP contribution in [0.2, 0.25) is 0 Å². The number of aryl methyl sites for hydroxylation is 1. The number of hydrogen-bond donors (Lipinski definition) is 0. The molecule has 2 aromatic carbocycles. The number of ether oxygens (including phenoxy) is 2. The van der Waals surface area contributed by atoms with Crippen LogP contribution in [0.1, 0.15) is 17.0 Å². The Hall–Kier alpha value is -2.77. The highest BCUT2D eigenvalue weighted by molar-refractivity contribution is 7.99. The average molecular weight is 425 g/mol. The van der Waals surface area contributed by atoms with Crippen LogP contribution in [0.15, 0.2) is 59.0 Å². The van der Waals surface area contributed by atoms with Gasteiger partial charge in [-0.3, -0.25) is 9.69 Å². The van der Waals surface area contributed by atoms with Gasteiger partial charge in [0.05, 0.1) is 7.11 Å². The summed E-state index contributed by atoms with van der Waals surface area (Å²) in [5.41, 5.74) is 2.86. The Balaban J connectivity index is 1.35. The summed E-state index contributed by atoms with van der Waals surface area (Å²) in [6.07, 6.45) is 0. The zero-order chi connectivity index (χ0) is 20.9. The largest absolute Gasteiger partial charge is 0.487 e. The fraction of sp³-hybridized carbons (Fsp3) is 0.304. The van der Waals surface area contributed by atoms with Crippen LogP contribution in [-0.4, -0.2) is 40.6 Å². The molecule has 0 amide bonds. The summed E-state index contributed by atoms with van der Waals surface area (Å²) in [5.74, 6) is 3.56. The number of thioether (sulfide) groups is 1. The van der Waals surface area contributed by atoms with Gasteiger partial charge in [-0.2, -0.15) is 0 Å². The molecule has 4 rings (SSSR count). The second-order valence-corrected chi connectivity index (χ2v) is 8.11. The van der Waals surface area contributed by atoms with Gasteiger partial charge in [0.15, 0.2) is 0 Å². The molecule has 3 aromatic rings. The minimum atomic E-state index is -0.176. The number of benzene rings is 2. The average Bonchev–Trinajstić information content (AvgIpc) is 3.40. The van der Waals surface area contributed by atoms with Gasteiger partial charge in [0.1, 0.15) is 29.9 Å². The van der Waals surface area contributed by atoms with E-state index in [4.69, 9.17) is 13.9 Å². The Morgan fingerprint density at radius 3 is 2.70 bits per heavy atom. The van der Waals surface area contributed by atoms with Crippen molar-refractivity contribution in [3.63, 3.8) is 0 Å². The predicted molar refractivity (Wildman–Crippen MR) is 116 cm³/mol. The highest BCUT2D eigenvalue weighted by Gasteiger charge is 2.31. The van der Waals surface area contributed by atoms with Gasteiger partial charge in [0, 0.05) is 23.7 Å². The Kier molecular flexibility index (Phi) is 6.40. The molecule has 0 aliphatic carbocycles. The van der Waals surface area contributed by atoms with Gasteiger partial charge in [0.2, 0.25) is 5.89 Å². The Labute approximate surface area is 180 Å². The number of methoxy groups -OCH3 is 1. The number of oxazole rings is 1. The normalized spacial score (nSPS) is 16.5. The standard InChI is InChI=1S/C23H24N2O4S/c1-16-20(24-22(29-16)18-6-4-3-5-7-18)13-28-19-10-8-17(9-11-19)12-25-15-30-14-21(25)23(26)27-2/h3-11,21H,12-15H2,1-2H3/t21-/m0/s1. The fourth-order valence-corrected chi connectivity index (χ4v) is 4.51. The molecule has 7 heteroatoms. The van der Waals surface area contributed by atoms with Crippen LogP contribution in [0.25, 0.3) is 11.5 Å². The Morgan fingerprint density at radius 1 is 1.20 bits per heavy atom. The SMILES string of the molecule is COC(=O)[C@@H]1CSCN1Cc1ccc(OCc2nc(-c3ccccc3)oc2C)cc1. The van der Waals surface area contributed by atoms with E-state index < -0.39 is 0 Å². The van der Waals surface area contributed by atoms with E-state index in [2.05, 4.69) is 9.88 Å². The van der Waals surface area contributed by atoms with Crippen molar-refractivity contribution in [2.75, 3.05) is 18.7 Å². The van der Waals surface area contributed by atoms with Crippen molar-refractivity contribution >= 4 is 17.7 Å². The maximum absolute atomic E-state index is 11.9. The predicted octanol–water partition coefficient (Wildman–Crippen LogP) is 4.28. The fourth-order valence-electron chi connectivity index (χ4n) is 3.33. The summed E-state index contributed by atoms with van der Waals surface area (Å²) in [6.45, 7) is 2.94. The first-order chi connectivity index (χ1) is 14.6. The number of rotatable bonds is 7. The van der Waals surface area contributed by atoms with Crippen LogP contribution in [-0.2, 0) is 22.7 Å². The molecule has 6 nitrogen and oxygen atoms in total. The summed E-state index contributed by atoms with van der Waals surface area (Å²) in [5, 5.41) is 0. The van der Waals surface area contributed by atoms with Gasteiger partial charge >= 0.3 is 5.97 Å². The molecule has 2 heterocycles. The van der Waals surface area contributed by atoms with Gasteiger partial charge in [-0.25, -0.2) is 4.98 Å². The van der Waals surface area contributed by atoms with E-state index in [0.29, 0.717) is 19.0 Å². The number of hydrogen-bond acceptors (Lipinski definition) is 7. The third-order valence-electron chi connectivity index (χ3n) is 5.04. The molecule has 1 atom stereocenters. The molecule has 1 aliphatic heterocycles. The molecule has 1 aromatic heterocycles. The summed E-state index contributed by atoms with van der Waals surface area (Å²) in [7, 11) is 1.44. The first kappa shape index (κ1) is 20.5. The van der Waals surface area contributed by atoms with Gasteiger partial charge in [-0.1, -0.05) is 30.3 Å². The number of carbonyl (C=O) groups excluding carboxylic acids is 1. The lowest BCUT2D eigenvalue weighted by Gasteiger charge is -2.21. The van der Waals surface area contributed by atoms with Crippen molar-refractivity contribution < 1.29 is 18.7 Å². The van der Waals surface area contributed by atoms with Crippen LogP contribution in [0.4, 0.5) is 0 Å². The molecular formula is C23H24N2O4S. The molecule has 0 radical (unpaired) electrons. The minimum Gasteiger partial charge on any atom is -0.487 e. The Morgan fingerprint density at radius 2 is 1.97 bits per heavy atom. The zero-order valence-corrected chi connectivity index (χ0v) is 17.9.